The number of ether oxygens (including phenoxy) is 1. The number of piperidine rings is 1. The lowest BCUT2D eigenvalue weighted by Crippen LogP contribution is -2.36. The molecule has 4 heteroatoms. The molecule has 0 aromatic heterocycles. The van der Waals surface area contributed by atoms with E-state index in [2.05, 4.69) is 17.1 Å². The molecule has 4 nitrogen and oxygen atoms in total. The molecule has 0 aliphatic carbocycles. The van der Waals surface area contributed by atoms with Gasteiger partial charge in [-0.05, 0) is 57.8 Å². The molecule has 0 amide bonds. The van der Waals surface area contributed by atoms with E-state index < -0.39 is 0 Å². The molecule has 0 saturated carbocycles. The van der Waals surface area contributed by atoms with Gasteiger partial charge in [0.05, 0.1) is 17.5 Å². The number of anilines is 2. The Bertz CT molecular complexity index is 440. The summed E-state index contributed by atoms with van der Waals surface area (Å²) >= 11 is 0. The third-order valence-corrected chi connectivity index (χ3v) is 4.05. The van der Waals surface area contributed by atoms with Crippen molar-refractivity contribution in [2.24, 2.45) is 5.92 Å². The molecule has 1 aromatic carbocycles. The van der Waals surface area contributed by atoms with E-state index >= 15 is 0 Å². The average molecular weight is 291 g/mol. The highest BCUT2D eigenvalue weighted by Crippen LogP contribution is 2.30. The van der Waals surface area contributed by atoms with Gasteiger partial charge >= 0.3 is 0 Å². The first kappa shape index (κ1) is 16.0. The molecule has 0 atom stereocenters. The standard InChI is InChI=1S/C17H29N3O/c1-13(2)21-16-6-4-5-15(17(16)18)19-9-12-20-10-7-14(3)8-11-20/h4-6,13-14,19H,7-12,18H2,1-3H3. The van der Waals surface area contributed by atoms with E-state index in [1.165, 1.54) is 25.9 Å². The topological polar surface area (TPSA) is 50.5 Å². The Morgan fingerprint density at radius 3 is 2.71 bits per heavy atom. The smallest absolute Gasteiger partial charge is 0.144 e. The summed E-state index contributed by atoms with van der Waals surface area (Å²) in [5.74, 6) is 1.65. The zero-order valence-corrected chi connectivity index (χ0v) is 13.6. The minimum absolute atomic E-state index is 0.137. The number of likely N-dealkylation sites (tertiary alicyclic amines) is 1. The fraction of sp³-hybridized carbons (Fsp3) is 0.647. The van der Waals surface area contributed by atoms with Gasteiger partial charge in [0.1, 0.15) is 5.75 Å². The van der Waals surface area contributed by atoms with Crippen molar-refractivity contribution in [1.82, 2.24) is 4.90 Å². The highest BCUT2D eigenvalue weighted by Gasteiger charge is 2.15. The number of nitrogens with two attached hydrogens (primary N) is 1. The summed E-state index contributed by atoms with van der Waals surface area (Å²) in [7, 11) is 0. The van der Waals surface area contributed by atoms with Crippen molar-refractivity contribution in [3.63, 3.8) is 0 Å². The number of hydrogen-bond donors (Lipinski definition) is 2. The minimum atomic E-state index is 0.137. The Hall–Kier alpha value is -1.42. The van der Waals surface area contributed by atoms with Gasteiger partial charge in [0.2, 0.25) is 0 Å². The Balaban J connectivity index is 1.83. The predicted octanol–water partition coefficient (Wildman–Crippen LogP) is 3.20. The molecule has 1 fully saturated rings. The van der Waals surface area contributed by atoms with Gasteiger partial charge in [0.25, 0.3) is 0 Å². The second-order valence-electron chi connectivity index (χ2n) is 6.33. The second-order valence-corrected chi connectivity index (χ2v) is 6.33. The van der Waals surface area contributed by atoms with Crippen LogP contribution in [0.25, 0.3) is 0 Å². The third-order valence-electron chi connectivity index (χ3n) is 4.05. The highest BCUT2D eigenvalue weighted by molar-refractivity contribution is 5.72. The van der Waals surface area contributed by atoms with Crippen LogP contribution in [-0.4, -0.2) is 37.2 Å². The summed E-state index contributed by atoms with van der Waals surface area (Å²) in [6.07, 6.45) is 2.78. The Labute approximate surface area is 128 Å². The van der Waals surface area contributed by atoms with Crippen LogP contribution in [0.3, 0.4) is 0 Å². The lowest BCUT2D eigenvalue weighted by atomic mass is 9.99. The molecule has 0 unspecified atom stereocenters. The van der Waals surface area contributed by atoms with Crippen molar-refractivity contribution in [3.05, 3.63) is 18.2 Å². The highest BCUT2D eigenvalue weighted by atomic mass is 16.5. The van der Waals surface area contributed by atoms with E-state index in [1.807, 2.05) is 32.0 Å². The van der Waals surface area contributed by atoms with Crippen molar-refractivity contribution in [3.8, 4) is 5.75 Å². The maximum absolute atomic E-state index is 6.17. The van der Waals surface area contributed by atoms with Gasteiger partial charge in [-0.25, -0.2) is 0 Å². The van der Waals surface area contributed by atoms with Crippen LogP contribution in [0.5, 0.6) is 5.75 Å². The van der Waals surface area contributed by atoms with Gasteiger partial charge in [-0.15, -0.1) is 0 Å². The van der Waals surface area contributed by atoms with E-state index in [4.69, 9.17) is 10.5 Å². The summed E-state index contributed by atoms with van der Waals surface area (Å²) < 4.78 is 5.72. The van der Waals surface area contributed by atoms with E-state index in [-0.39, 0.29) is 6.10 Å². The fourth-order valence-electron chi connectivity index (χ4n) is 2.69. The minimum Gasteiger partial charge on any atom is -0.489 e. The number of nitrogens with zero attached hydrogens (tertiary/aromatic N) is 1. The van der Waals surface area contributed by atoms with Crippen LogP contribution in [-0.2, 0) is 0 Å². The SMILES string of the molecule is CC1CCN(CCNc2cccc(OC(C)C)c2N)CC1. The third kappa shape index (κ3) is 4.81. The summed E-state index contributed by atoms with van der Waals surface area (Å²) in [5, 5.41) is 3.44. The number of para-hydroxylation sites is 1. The van der Waals surface area contributed by atoms with Gasteiger partial charge in [-0.2, -0.15) is 0 Å². The normalized spacial score (nSPS) is 17.1. The molecule has 118 valence electrons. The van der Waals surface area contributed by atoms with E-state index in [9.17, 15) is 0 Å². The maximum atomic E-state index is 6.17. The average Bonchev–Trinajstić information content (AvgIpc) is 2.44. The zero-order chi connectivity index (χ0) is 15.2. The van der Waals surface area contributed by atoms with Gasteiger partial charge in [0, 0.05) is 13.1 Å². The van der Waals surface area contributed by atoms with E-state index in [0.29, 0.717) is 5.69 Å². The van der Waals surface area contributed by atoms with Crippen LogP contribution in [0, 0.1) is 5.92 Å². The molecule has 1 aliphatic rings. The first-order valence-corrected chi connectivity index (χ1v) is 8.07. The molecular formula is C17H29N3O. The van der Waals surface area contributed by atoms with Crippen LogP contribution < -0.4 is 15.8 Å². The monoisotopic (exact) mass is 291 g/mol. The van der Waals surface area contributed by atoms with Crippen LogP contribution in [0.4, 0.5) is 11.4 Å². The van der Waals surface area contributed by atoms with Crippen LogP contribution in [0.2, 0.25) is 0 Å². The van der Waals surface area contributed by atoms with E-state index in [0.717, 1.165) is 30.4 Å². The van der Waals surface area contributed by atoms with Crippen LogP contribution in [0.1, 0.15) is 33.6 Å². The van der Waals surface area contributed by atoms with Crippen molar-refractivity contribution in [2.45, 2.75) is 39.7 Å². The van der Waals surface area contributed by atoms with Gasteiger partial charge < -0.3 is 20.7 Å². The molecule has 2 rings (SSSR count). The number of nitrogen functional groups attached to an aromatic ring is 1. The van der Waals surface area contributed by atoms with Crippen LogP contribution >= 0.6 is 0 Å². The molecule has 1 aliphatic heterocycles. The molecule has 21 heavy (non-hydrogen) atoms. The molecule has 0 bridgehead atoms. The number of benzene rings is 1. The predicted molar refractivity (Wildman–Crippen MR) is 89.9 cm³/mol. The molecule has 1 aromatic rings. The largest absolute Gasteiger partial charge is 0.489 e. The Morgan fingerprint density at radius 1 is 1.33 bits per heavy atom. The number of rotatable bonds is 6. The maximum Gasteiger partial charge on any atom is 0.144 e. The van der Waals surface area contributed by atoms with Crippen LogP contribution in [0.15, 0.2) is 18.2 Å². The summed E-state index contributed by atoms with van der Waals surface area (Å²) in [6.45, 7) is 10.8. The van der Waals surface area contributed by atoms with Crippen molar-refractivity contribution in [1.29, 1.82) is 0 Å². The molecule has 3 N–H and O–H groups in total. The quantitative estimate of drug-likeness (QED) is 0.790. The summed E-state index contributed by atoms with van der Waals surface area (Å²) in [5.41, 5.74) is 7.85. The molecular weight excluding hydrogens is 262 g/mol. The Kier molecular flexibility index (Phi) is 5.74. The molecule has 0 radical (unpaired) electrons. The summed E-state index contributed by atoms with van der Waals surface area (Å²) in [4.78, 5) is 2.53. The molecule has 1 heterocycles. The van der Waals surface area contributed by atoms with Gasteiger partial charge in [0.15, 0.2) is 0 Å². The fourth-order valence-corrected chi connectivity index (χ4v) is 2.69. The second kappa shape index (κ2) is 7.55. The first-order valence-electron chi connectivity index (χ1n) is 8.07. The molecule has 0 spiro atoms. The number of hydrogen-bond acceptors (Lipinski definition) is 4. The molecule has 1 saturated heterocycles. The number of nitrogens with one attached hydrogen (secondary N) is 1. The van der Waals surface area contributed by atoms with Gasteiger partial charge in [-0.1, -0.05) is 13.0 Å². The van der Waals surface area contributed by atoms with Crippen molar-refractivity contribution < 1.29 is 4.74 Å². The lowest BCUT2D eigenvalue weighted by molar-refractivity contribution is 0.199. The van der Waals surface area contributed by atoms with Crippen molar-refractivity contribution in [2.75, 3.05) is 37.2 Å². The Morgan fingerprint density at radius 2 is 2.05 bits per heavy atom. The van der Waals surface area contributed by atoms with Gasteiger partial charge in [-0.3, -0.25) is 0 Å². The lowest BCUT2D eigenvalue weighted by Gasteiger charge is -2.30. The summed E-state index contributed by atoms with van der Waals surface area (Å²) in [6, 6.07) is 5.92. The first-order chi connectivity index (χ1) is 10.1. The van der Waals surface area contributed by atoms with E-state index in [1.54, 1.807) is 0 Å². The zero-order valence-electron chi connectivity index (χ0n) is 13.6. The van der Waals surface area contributed by atoms with Crippen molar-refractivity contribution >= 4 is 11.4 Å².